The molecule has 0 bridgehead atoms. The fourth-order valence-corrected chi connectivity index (χ4v) is 2.08. The van der Waals surface area contributed by atoms with Gasteiger partial charge in [0.05, 0.1) is 19.4 Å². The van der Waals surface area contributed by atoms with Crippen LogP contribution in [0.3, 0.4) is 0 Å². The third kappa shape index (κ3) is 3.68. The Balaban J connectivity index is 2.23. The number of rotatable bonds is 5. The smallest absolute Gasteiger partial charge is 0.356 e. The fraction of sp³-hybridized carbons (Fsp3) is 0.312. The van der Waals surface area contributed by atoms with E-state index in [1.165, 1.54) is 17.9 Å². The van der Waals surface area contributed by atoms with Gasteiger partial charge < -0.3 is 14.8 Å². The van der Waals surface area contributed by atoms with Crippen LogP contribution in [0.1, 0.15) is 33.5 Å². The molecule has 0 unspecified atom stereocenters. The summed E-state index contributed by atoms with van der Waals surface area (Å²) in [6.07, 6.45) is 0. The van der Waals surface area contributed by atoms with Crippen molar-refractivity contribution < 1.29 is 19.1 Å². The van der Waals surface area contributed by atoms with E-state index in [1.54, 1.807) is 26.1 Å². The third-order valence-electron chi connectivity index (χ3n) is 3.20. The Kier molecular flexibility index (Phi) is 5.00. The molecule has 23 heavy (non-hydrogen) atoms. The summed E-state index contributed by atoms with van der Waals surface area (Å²) in [7, 11) is 3.11. The van der Waals surface area contributed by atoms with E-state index in [1.807, 2.05) is 13.0 Å². The second kappa shape index (κ2) is 6.95. The lowest BCUT2D eigenvalue weighted by Crippen LogP contribution is -2.13. The standard InChI is InChI=1S/C16H19N3O4/c1-5-23-16(21)13-9-12(18-19(13)3)15(20)17-11-8-10(2)6-7-14(11)22-4/h6-9H,5H2,1-4H3,(H,17,20). The van der Waals surface area contributed by atoms with Gasteiger partial charge in [0.1, 0.15) is 11.4 Å². The Morgan fingerprint density at radius 2 is 2.04 bits per heavy atom. The van der Waals surface area contributed by atoms with Crippen molar-refractivity contribution in [3.8, 4) is 5.75 Å². The van der Waals surface area contributed by atoms with Gasteiger partial charge >= 0.3 is 5.97 Å². The van der Waals surface area contributed by atoms with E-state index in [9.17, 15) is 9.59 Å². The number of hydrogen-bond acceptors (Lipinski definition) is 5. The molecule has 0 fully saturated rings. The number of amides is 1. The lowest BCUT2D eigenvalue weighted by atomic mass is 10.2. The molecule has 0 aliphatic carbocycles. The number of benzene rings is 1. The van der Waals surface area contributed by atoms with Crippen molar-refractivity contribution >= 4 is 17.6 Å². The Morgan fingerprint density at radius 3 is 2.70 bits per heavy atom. The molecule has 0 aliphatic heterocycles. The fourth-order valence-electron chi connectivity index (χ4n) is 2.08. The number of aryl methyl sites for hydroxylation is 2. The number of methoxy groups -OCH3 is 1. The summed E-state index contributed by atoms with van der Waals surface area (Å²) in [5.74, 6) is -0.403. The van der Waals surface area contributed by atoms with Gasteiger partial charge in [0.25, 0.3) is 5.91 Å². The van der Waals surface area contributed by atoms with E-state index < -0.39 is 11.9 Å². The molecule has 0 atom stereocenters. The van der Waals surface area contributed by atoms with E-state index >= 15 is 0 Å². The van der Waals surface area contributed by atoms with E-state index in [0.29, 0.717) is 11.4 Å². The first-order chi connectivity index (χ1) is 11.0. The zero-order valence-electron chi connectivity index (χ0n) is 13.5. The number of aromatic nitrogens is 2. The third-order valence-corrected chi connectivity index (χ3v) is 3.20. The number of carbonyl (C=O) groups is 2. The number of hydrogen-bond donors (Lipinski definition) is 1. The summed E-state index contributed by atoms with van der Waals surface area (Å²) in [4.78, 5) is 24.1. The molecule has 2 aromatic rings. The predicted molar refractivity (Wildman–Crippen MR) is 84.8 cm³/mol. The Labute approximate surface area is 134 Å². The molecule has 0 saturated carbocycles. The largest absolute Gasteiger partial charge is 0.495 e. The normalized spacial score (nSPS) is 10.3. The predicted octanol–water partition coefficient (Wildman–Crippen LogP) is 2.17. The summed E-state index contributed by atoms with van der Waals surface area (Å²) in [5.41, 5.74) is 1.86. The van der Waals surface area contributed by atoms with Gasteiger partial charge in [-0.3, -0.25) is 9.48 Å². The van der Waals surface area contributed by atoms with Gasteiger partial charge in [0, 0.05) is 13.1 Å². The van der Waals surface area contributed by atoms with Gasteiger partial charge in [-0.25, -0.2) is 4.79 Å². The van der Waals surface area contributed by atoms with Crippen LogP contribution in [0.15, 0.2) is 24.3 Å². The van der Waals surface area contributed by atoms with Crippen LogP contribution in [0, 0.1) is 6.92 Å². The van der Waals surface area contributed by atoms with Crippen LogP contribution in [0.4, 0.5) is 5.69 Å². The van der Waals surface area contributed by atoms with Crippen molar-refractivity contribution in [3.05, 3.63) is 41.2 Å². The number of nitrogens with zero attached hydrogens (tertiary/aromatic N) is 2. The maximum absolute atomic E-state index is 12.3. The van der Waals surface area contributed by atoms with Gasteiger partial charge in [0.2, 0.25) is 0 Å². The van der Waals surface area contributed by atoms with Gasteiger partial charge in [-0.05, 0) is 31.5 Å². The van der Waals surface area contributed by atoms with Crippen LogP contribution in [0.2, 0.25) is 0 Å². The first-order valence-corrected chi connectivity index (χ1v) is 7.13. The molecule has 0 saturated heterocycles. The molecular formula is C16H19N3O4. The SMILES string of the molecule is CCOC(=O)c1cc(C(=O)Nc2cc(C)ccc2OC)nn1C. The van der Waals surface area contributed by atoms with Crippen molar-refractivity contribution in [2.24, 2.45) is 7.05 Å². The number of nitrogens with one attached hydrogen (secondary N) is 1. The number of esters is 1. The maximum atomic E-state index is 12.3. The minimum absolute atomic E-state index is 0.124. The van der Waals surface area contributed by atoms with Crippen molar-refractivity contribution in [2.45, 2.75) is 13.8 Å². The summed E-state index contributed by atoms with van der Waals surface area (Å²) >= 11 is 0. The summed E-state index contributed by atoms with van der Waals surface area (Å²) in [6, 6.07) is 6.85. The number of anilines is 1. The zero-order chi connectivity index (χ0) is 17.0. The monoisotopic (exact) mass is 317 g/mol. The quantitative estimate of drug-likeness (QED) is 0.855. The molecule has 0 spiro atoms. The zero-order valence-corrected chi connectivity index (χ0v) is 13.5. The van der Waals surface area contributed by atoms with E-state index in [-0.39, 0.29) is 18.0 Å². The maximum Gasteiger partial charge on any atom is 0.356 e. The van der Waals surface area contributed by atoms with Gasteiger partial charge in [0.15, 0.2) is 5.69 Å². The van der Waals surface area contributed by atoms with E-state index in [0.717, 1.165) is 5.56 Å². The molecule has 122 valence electrons. The van der Waals surface area contributed by atoms with Crippen molar-refractivity contribution in [2.75, 3.05) is 19.0 Å². The Bertz CT molecular complexity index is 737. The molecular weight excluding hydrogens is 298 g/mol. The highest BCUT2D eigenvalue weighted by molar-refractivity contribution is 6.05. The molecule has 1 heterocycles. The lowest BCUT2D eigenvalue weighted by Gasteiger charge is -2.09. The highest BCUT2D eigenvalue weighted by Gasteiger charge is 2.19. The molecule has 0 aliphatic rings. The van der Waals surface area contributed by atoms with Crippen LogP contribution in [-0.2, 0) is 11.8 Å². The topological polar surface area (TPSA) is 82.5 Å². The van der Waals surface area contributed by atoms with Crippen molar-refractivity contribution in [1.82, 2.24) is 9.78 Å². The van der Waals surface area contributed by atoms with E-state index in [4.69, 9.17) is 9.47 Å². The number of ether oxygens (including phenoxy) is 2. The second-order valence-corrected chi connectivity index (χ2v) is 4.92. The molecule has 1 N–H and O–H groups in total. The molecule has 1 aromatic carbocycles. The molecule has 7 heteroatoms. The Morgan fingerprint density at radius 1 is 1.30 bits per heavy atom. The van der Waals surface area contributed by atoms with Gasteiger partial charge in [-0.15, -0.1) is 0 Å². The first kappa shape index (κ1) is 16.5. The van der Waals surface area contributed by atoms with Crippen LogP contribution in [-0.4, -0.2) is 35.4 Å². The van der Waals surface area contributed by atoms with Crippen LogP contribution in [0.25, 0.3) is 0 Å². The van der Waals surface area contributed by atoms with Crippen molar-refractivity contribution in [3.63, 3.8) is 0 Å². The Hall–Kier alpha value is -2.83. The minimum Gasteiger partial charge on any atom is -0.495 e. The van der Waals surface area contributed by atoms with Crippen LogP contribution in [0.5, 0.6) is 5.75 Å². The molecule has 2 rings (SSSR count). The number of carbonyl (C=O) groups excluding carboxylic acids is 2. The summed E-state index contributed by atoms with van der Waals surface area (Å²) in [6.45, 7) is 3.88. The molecule has 7 nitrogen and oxygen atoms in total. The average Bonchev–Trinajstić information content (AvgIpc) is 2.90. The highest BCUT2D eigenvalue weighted by atomic mass is 16.5. The first-order valence-electron chi connectivity index (χ1n) is 7.13. The summed E-state index contributed by atoms with van der Waals surface area (Å²) in [5, 5.41) is 6.79. The van der Waals surface area contributed by atoms with E-state index in [2.05, 4.69) is 10.4 Å². The molecule has 0 radical (unpaired) electrons. The van der Waals surface area contributed by atoms with Crippen LogP contribution < -0.4 is 10.1 Å². The minimum atomic E-state index is -0.519. The second-order valence-electron chi connectivity index (χ2n) is 4.92. The lowest BCUT2D eigenvalue weighted by molar-refractivity contribution is 0.0513. The van der Waals surface area contributed by atoms with Crippen molar-refractivity contribution in [1.29, 1.82) is 0 Å². The molecule has 1 amide bonds. The van der Waals surface area contributed by atoms with Crippen LogP contribution >= 0.6 is 0 Å². The molecule has 1 aromatic heterocycles. The highest BCUT2D eigenvalue weighted by Crippen LogP contribution is 2.25. The summed E-state index contributed by atoms with van der Waals surface area (Å²) < 4.78 is 11.5. The van der Waals surface area contributed by atoms with Gasteiger partial charge in [-0.2, -0.15) is 5.10 Å². The average molecular weight is 317 g/mol. The van der Waals surface area contributed by atoms with Gasteiger partial charge in [-0.1, -0.05) is 6.07 Å².